The van der Waals surface area contributed by atoms with Gasteiger partial charge in [0.05, 0.1) is 12.2 Å². The van der Waals surface area contributed by atoms with E-state index in [4.69, 9.17) is 4.74 Å². The molecule has 0 amide bonds. The van der Waals surface area contributed by atoms with Crippen molar-refractivity contribution in [3.63, 3.8) is 0 Å². The summed E-state index contributed by atoms with van der Waals surface area (Å²) in [4.78, 5) is 0. The average molecular weight is 457 g/mol. The minimum absolute atomic E-state index is 0.0673. The highest BCUT2D eigenvalue weighted by Gasteiger charge is 2.82. The molecule has 0 aromatic heterocycles. The van der Waals surface area contributed by atoms with Gasteiger partial charge in [-0.1, -0.05) is 39.3 Å². The van der Waals surface area contributed by atoms with Gasteiger partial charge in [0.15, 0.2) is 6.29 Å². The Hall–Kier alpha value is -0.380. The summed E-state index contributed by atoms with van der Waals surface area (Å²) < 4.78 is 6.05. The van der Waals surface area contributed by atoms with E-state index in [1.807, 2.05) is 0 Å². The number of aliphatic hydroxyl groups excluding tert-OH is 2. The Morgan fingerprint density at radius 2 is 1.52 bits per heavy atom. The summed E-state index contributed by atoms with van der Waals surface area (Å²) in [5.74, 6) is 2.37. The maximum Gasteiger partial charge on any atom is 0.158 e. The smallest absolute Gasteiger partial charge is 0.158 e. The molecule has 186 valence electrons. The van der Waals surface area contributed by atoms with Crippen LogP contribution in [0.2, 0.25) is 0 Å². The van der Waals surface area contributed by atoms with Gasteiger partial charge in [-0.05, 0) is 123 Å². The molecule has 3 nitrogen and oxygen atoms in total. The number of fused-ring (bicyclic) bond motifs is 2. The fourth-order valence-corrected chi connectivity index (χ4v) is 11.6. The topological polar surface area (TPSA) is 49.7 Å². The first kappa shape index (κ1) is 23.0. The standard InChI is InChI=1S/C30H48O3/c1-18(2)15-19-16-20(25(32)33-19)21-9-11-28(6)23-8-7-22-26(3,4)24(31)10-12-29(22)17-30(23,29)14-13-27(21,28)5/h15,19-25,31-32H,7-14,16-17H2,1-6H3/t19-,20+,21+,22-,23-,24-,25-,27+,28-,29+,30-/m0/s1. The molecule has 5 saturated carbocycles. The quantitative estimate of drug-likeness (QED) is 0.468. The molecular weight excluding hydrogens is 408 g/mol. The fourth-order valence-electron chi connectivity index (χ4n) is 11.6. The maximum atomic E-state index is 11.0. The predicted molar refractivity (Wildman–Crippen MR) is 131 cm³/mol. The van der Waals surface area contributed by atoms with E-state index < -0.39 is 6.29 Å². The third-order valence-electron chi connectivity index (χ3n) is 13.4. The van der Waals surface area contributed by atoms with Crippen molar-refractivity contribution in [1.29, 1.82) is 0 Å². The molecule has 1 aliphatic heterocycles. The van der Waals surface area contributed by atoms with Gasteiger partial charge in [0, 0.05) is 5.92 Å². The number of hydrogen-bond acceptors (Lipinski definition) is 3. The van der Waals surface area contributed by atoms with Crippen LogP contribution in [-0.4, -0.2) is 28.7 Å². The van der Waals surface area contributed by atoms with Crippen LogP contribution in [0.3, 0.4) is 0 Å². The lowest BCUT2D eigenvalue weighted by Gasteiger charge is -2.63. The molecule has 33 heavy (non-hydrogen) atoms. The van der Waals surface area contributed by atoms with Gasteiger partial charge in [0.25, 0.3) is 0 Å². The van der Waals surface area contributed by atoms with E-state index in [0.29, 0.717) is 33.5 Å². The van der Waals surface area contributed by atoms with E-state index in [0.717, 1.165) is 18.8 Å². The minimum atomic E-state index is -0.603. The van der Waals surface area contributed by atoms with Crippen molar-refractivity contribution in [2.24, 2.45) is 50.7 Å². The van der Waals surface area contributed by atoms with Gasteiger partial charge in [-0.25, -0.2) is 0 Å². The molecule has 0 bridgehead atoms. The predicted octanol–water partition coefficient (Wildman–Crippen LogP) is 6.48. The van der Waals surface area contributed by atoms with Crippen LogP contribution in [0.1, 0.15) is 106 Å². The van der Waals surface area contributed by atoms with Crippen LogP contribution < -0.4 is 0 Å². The Morgan fingerprint density at radius 1 is 0.818 bits per heavy atom. The van der Waals surface area contributed by atoms with E-state index in [-0.39, 0.29) is 23.5 Å². The van der Waals surface area contributed by atoms with Gasteiger partial charge in [0.1, 0.15) is 0 Å². The summed E-state index contributed by atoms with van der Waals surface area (Å²) in [5.41, 5.74) is 3.07. The first-order chi connectivity index (χ1) is 15.4. The van der Waals surface area contributed by atoms with Gasteiger partial charge in [-0.3, -0.25) is 0 Å². The Labute approximate surface area is 201 Å². The third kappa shape index (κ3) is 2.69. The van der Waals surface area contributed by atoms with E-state index in [1.165, 1.54) is 56.9 Å². The molecular formula is C30H48O3. The first-order valence-electron chi connectivity index (χ1n) is 14.1. The third-order valence-corrected chi connectivity index (χ3v) is 13.4. The van der Waals surface area contributed by atoms with Crippen LogP contribution in [0.5, 0.6) is 0 Å². The highest BCUT2D eigenvalue weighted by Crippen LogP contribution is 2.89. The number of hydrogen-bond donors (Lipinski definition) is 2. The van der Waals surface area contributed by atoms with Crippen molar-refractivity contribution in [3.8, 4) is 0 Å². The number of rotatable bonds is 2. The van der Waals surface area contributed by atoms with Crippen LogP contribution in [0.15, 0.2) is 11.6 Å². The molecule has 2 spiro atoms. The van der Waals surface area contributed by atoms with E-state index in [1.54, 1.807) is 0 Å². The molecule has 6 aliphatic rings. The van der Waals surface area contributed by atoms with Gasteiger partial charge >= 0.3 is 0 Å². The van der Waals surface area contributed by atoms with Crippen molar-refractivity contribution in [2.45, 2.75) is 124 Å². The summed E-state index contributed by atoms with van der Waals surface area (Å²) in [6.07, 6.45) is 14.2. The van der Waals surface area contributed by atoms with E-state index in [2.05, 4.69) is 47.6 Å². The number of allylic oxidation sites excluding steroid dienone is 1. The van der Waals surface area contributed by atoms with Crippen molar-refractivity contribution in [2.75, 3.05) is 0 Å². The average Bonchev–Trinajstić information content (AvgIpc) is 3.15. The molecule has 6 rings (SSSR count). The Morgan fingerprint density at radius 3 is 2.24 bits per heavy atom. The Kier molecular flexibility index (Phi) is 4.81. The van der Waals surface area contributed by atoms with Crippen LogP contribution in [-0.2, 0) is 4.74 Å². The molecule has 11 atom stereocenters. The molecule has 1 heterocycles. The number of ether oxygens (including phenoxy) is 1. The van der Waals surface area contributed by atoms with Crippen molar-refractivity contribution in [1.82, 2.24) is 0 Å². The van der Waals surface area contributed by atoms with E-state index >= 15 is 0 Å². The minimum Gasteiger partial charge on any atom is -0.393 e. The zero-order valence-corrected chi connectivity index (χ0v) is 22.0. The van der Waals surface area contributed by atoms with Crippen LogP contribution >= 0.6 is 0 Å². The van der Waals surface area contributed by atoms with Crippen molar-refractivity contribution < 1.29 is 14.9 Å². The molecule has 0 radical (unpaired) electrons. The van der Waals surface area contributed by atoms with Gasteiger partial charge in [-0.2, -0.15) is 0 Å². The summed E-state index contributed by atoms with van der Waals surface area (Å²) in [6.45, 7) is 14.2. The molecule has 6 fully saturated rings. The molecule has 5 aliphatic carbocycles. The van der Waals surface area contributed by atoms with Crippen LogP contribution in [0.4, 0.5) is 0 Å². The van der Waals surface area contributed by atoms with Crippen molar-refractivity contribution in [3.05, 3.63) is 11.6 Å². The first-order valence-corrected chi connectivity index (χ1v) is 14.1. The summed E-state index contributed by atoms with van der Waals surface area (Å²) in [5, 5.41) is 21.8. The van der Waals surface area contributed by atoms with Gasteiger partial charge in [0.2, 0.25) is 0 Å². The lowest BCUT2D eigenvalue weighted by Crippen LogP contribution is -2.57. The SMILES string of the molecule is CC(C)=C[C@H]1C[C@H]([C@H]2CC[C@@]3(C)[C@@H]4CC[C@H]5C(C)(C)[C@@H](O)CC[C@@]56C[C@@]46CC[C@]23C)[C@@H](O)O1. The second kappa shape index (κ2) is 6.88. The largest absolute Gasteiger partial charge is 0.393 e. The summed E-state index contributed by atoms with van der Waals surface area (Å²) in [7, 11) is 0. The van der Waals surface area contributed by atoms with Crippen LogP contribution in [0.25, 0.3) is 0 Å². The second-order valence-electron chi connectivity index (χ2n) is 14.7. The lowest BCUT2D eigenvalue weighted by atomic mass is 9.41. The molecule has 0 aromatic rings. The highest BCUT2D eigenvalue weighted by molar-refractivity contribution is 5.30. The Bertz CT molecular complexity index is 859. The molecule has 1 saturated heterocycles. The van der Waals surface area contributed by atoms with Crippen molar-refractivity contribution >= 4 is 0 Å². The molecule has 3 heteroatoms. The second-order valence-corrected chi connectivity index (χ2v) is 14.7. The highest BCUT2D eigenvalue weighted by atomic mass is 16.6. The van der Waals surface area contributed by atoms with E-state index in [9.17, 15) is 10.2 Å². The summed E-state index contributed by atoms with van der Waals surface area (Å²) >= 11 is 0. The zero-order valence-electron chi connectivity index (χ0n) is 22.0. The zero-order chi connectivity index (χ0) is 23.6. The molecule has 0 unspecified atom stereocenters. The fraction of sp³-hybridized carbons (Fsp3) is 0.933. The molecule has 0 aromatic carbocycles. The maximum absolute atomic E-state index is 11.0. The van der Waals surface area contributed by atoms with Gasteiger partial charge in [-0.15, -0.1) is 0 Å². The van der Waals surface area contributed by atoms with Gasteiger partial charge < -0.3 is 14.9 Å². The number of aliphatic hydroxyl groups is 2. The monoisotopic (exact) mass is 456 g/mol. The van der Waals surface area contributed by atoms with Crippen LogP contribution in [0, 0.1) is 50.7 Å². The summed E-state index contributed by atoms with van der Waals surface area (Å²) in [6, 6.07) is 0. The Balaban J connectivity index is 1.30. The molecule has 2 N–H and O–H groups in total. The normalized spacial score (nSPS) is 58.6. The lowest BCUT2D eigenvalue weighted by molar-refractivity contribution is -0.170.